The molecule has 0 aliphatic heterocycles. The van der Waals surface area contributed by atoms with Crippen LogP contribution < -0.4 is 11.1 Å². The fourth-order valence-electron chi connectivity index (χ4n) is 3.80. The predicted molar refractivity (Wildman–Crippen MR) is 85.3 cm³/mol. The van der Waals surface area contributed by atoms with Gasteiger partial charge in [-0.2, -0.15) is 0 Å². The molecule has 1 heterocycles. The number of nitrogens with two attached hydrogens (primary N) is 1. The van der Waals surface area contributed by atoms with Gasteiger partial charge in [0.15, 0.2) is 0 Å². The maximum Gasteiger partial charge on any atom is 0.223 e. The van der Waals surface area contributed by atoms with E-state index in [1.807, 2.05) is 13.1 Å². The maximum atomic E-state index is 12.7. The zero-order valence-electron chi connectivity index (χ0n) is 13.4. The second-order valence-electron chi connectivity index (χ2n) is 6.86. The predicted octanol–water partition coefficient (Wildman–Crippen LogP) is 1.67. The molecule has 0 spiro atoms. The molecule has 0 aromatic carbocycles. The maximum absolute atomic E-state index is 12.7. The molecule has 2 aliphatic carbocycles. The van der Waals surface area contributed by atoms with Gasteiger partial charge in [0.1, 0.15) is 5.82 Å². The van der Waals surface area contributed by atoms with Crippen molar-refractivity contribution in [2.45, 2.75) is 63.8 Å². The Morgan fingerprint density at radius 2 is 2.18 bits per heavy atom. The van der Waals surface area contributed by atoms with Crippen LogP contribution in [0.15, 0.2) is 6.20 Å². The van der Waals surface area contributed by atoms with Gasteiger partial charge in [0, 0.05) is 24.4 Å². The number of rotatable bonds is 3. The molecule has 5 heteroatoms. The van der Waals surface area contributed by atoms with Crippen LogP contribution in [0.4, 0.5) is 0 Å². The number of fused-ring (bicyclic) bond motifs is 1. The Hall–Kier alpha value is -1.49. The first-order chi connectivity index (χ1) is 10.6. The highest BCUT2D eigenvalue weighted by molar-refractivity contribution is 5.80. The minimum absolute atomic E-state index is 0.0316. The molecule has 1 amide bonds. The van der Waals surface area contributed by atoms with E-state index in [-0.39, 0.29) is 17.4 Å². The van der Waals surface area contributed by atoms with Gasteiger partial charge in [-0.15, -0.1) is 0 Å². The van der Waals surface area contributed by atoms with Crippen molar-refractivity contribution in [2.75, 3.05) is 6.54 Å². The summed E-state index contributed by atoms with van der Waals surface area (Å²) in [6, 6.07) is 0. The Morgan fingerprint density at radius 3 is 2.91 bits per heavy atom. The lowest BCUT2D eigenvalue weighted by molar-refractivity contribution is -0.127. The average molecular weight is 302 g/mol. The summed E-state index contributed by atoms with van der Waals surface area (Å²) in [5.74, 6) is 1.01. The van der Waals surface area contributed by atoms with Crippen LogP contribution in [0, 0.1) is 12.8 Å². The molecule has 22 heavy (non-hydrogen) atoms. The van der Waals surface area contributed by atoms with Crippen LogP contribution in [-0.2, 0) is 17.6 Å². The Morgan fingerprint density at radius 1 is 1.41 bits per heavy atom. The largest absolute Gasteiger partial charge is 0.349 e. The molecule has 3 rings (SSSR count). The lowest BCUT2D eigenvalue weighted by Gasteiger charge is -2.38. The molecular formula is C17H26N4O. The van der Waals surface area contributed by atoms with E-state index in [2.05, 4.69) is 15.3 Å². The third-order valence-corrected chi connectivity index (χ3v) is 5.23. The molecule has 3 N–H and O–H groups in total. The second-order valence-corrected chi connectivity index (χ2v) is 6.86. The van der Waals surface area contributed by atoms with Crippen molar-refractivity contribution in [3.8, 4) is 0 Å². The van der Waals surface area contributed by atoms with Gasteiger partial charge in [-0.3, -0.25) is 4.79 Å². The number of nitrogens with zero attached hydrogens (tertiary/aromatic N) is 2. The molecule has 1 aromatic rings. The first-order valence-corrected chi connectivity index (χ1v) is 8.45. The third kappa shape index (κ3) is 3.14. The quantitative estimate of drug-likeness (QED) is 0.890. The first-order valence-electron chi connectivity index (χ1n) is 8.45. The van der Waals surface area contributed by atoms with Crippen LogP contribution in [0.5, 0.6) is 0 Å². The molecule has 0 bridgehead atoms. The number of carbonyl (C=O) groups excluding carboxylic acids is 1. The summed E-state index contributed by atoms with van der Waals surface area (Å²) in [5, 5.41) is 3.29. The van der Waals surface area contributed by atoms with Gasteiger partial charge in [-0.25, -0.2) is 9.97 Å². The summed E-state index contributed by atoms with van der Waals surface area (Å²) in [4.78, 5) is 21.5. The second kappa shape index (κ2) is 6.32. The standard InChI is InChI=1S/C17H26N4O/c1-12-19-10-14-9-13(5-6-15(14)20-12)16(22)21-17(11-18)7-3-2-4-8-17/h10,13H,2-9,11,18H2,1H3,(H,21,22). The monoisotopic (exact) mass is 302 g/mol. The van der Waals surface area contributed by atoms with Crippen molar-refractivity contribution >= 4 is 5.91 Å². The zero-order valence-corrected chi connectivity index (χ0v) is 13.4. The molecular weight excluding hydrogens is 276 g/mol. The molecule has 1 unspecified atom stereocenters. The zero-order chi connectivity index (χ0) is 15.6. The van der Waals surface area contributed by atoms with Gasteiger partial charge in [0.25, 0.3) is 0 Å². The number of nitrogens with one attached hydrogen (secondary N) is 1. The van der Waals surface area contributed by atoms with Crippen molar-refractivity contribution < 1.29 is 4.79 Å². The summed E-state index contributed by atoms with van der Waals surface area (Å²) in [5.41, 5.74) is 8.05. The van der Waals surface area contributed by atoms with Gasteiger partial charge in [0.05, 0.1) is 5.54 Å². The summed E-state index contributed by atoms with van der Waals surface area (Å²) >= 11 is 0. The topological polar surface area (TPSA) is 80.9 Å². The summed E-state index contributed by atoms with van der Waals surface area (Å²) in [6.07, 6.45) is 9.99. The molecule has 2 aliphatic rings. The van der Waals surface area contributed by atoms with Gasteiger partial charge in [-0.1, -0.05) is 19.3 Å². The third-order valence-electron chi connectivity index (χ3n) is 5.23. The summed E-state index contributed by atoms with van der Waals surface area (Å²) in [6.45, 7) is 2.46. The smallest absolute Gasteiger partial charge is 0.223 e. The summed E-state index contributed by atoms with van der Waals surface area (Å²) in [7, 11) is 0. The highest BCUT2D eigenvalue weighted by Crippen LogP contribution is 2.29. The summed E-state index contributed by atoms with van der Waals surface area (Å²) < 4.78 is 0. The lowest BCUT2D eigenvalue weighted by atomic mass is 9.80. The SMILES string of the molecule is Cc1ncc2c(n1)CCC(C(=O)NC1(CN)CCCCC1)C2. The molecule has 1 saturated carbocycles. The van der Waals surface area contributed by atoms with E-state index in [0.717, 1.165) is 62.0 Å². The van der Waals surface area contributed by atoms with Gasteiger partial charge in [-0.05, 0) is 44.6 Å². The number of aryl methyl sites for hydroxylation is 2. The van der Waals surface area contributed by atoms with E-state index >= 15 is 0 Å². The molecule has 1 aromatic heterocycles. The molecule has 0 radical (unpaired) electrons. The van der Waals surface area contributed by atoms with Gasteiger partial charge < -0.3 is 11.1 Å². The fourth-order valence-corrected chi connectivity index (χ4v) is 3.80. The molecule has 1 atom stereocenters. The van der Waals surface area contributed by atoms with Crippen molar-refractivity contribution in [3.05, 3.63) is 23.3 Å². The van der Waals surface area contributed by atoms with Crippen molar-refractivity contribution in [2.24, 2.45) is 11.7 Å². The number of amides is 1. The Labute approximate surface area is 132 Å². The average Bonchev–Trinajstić information content (AvgIpc) is 2.55. The van der Waals surface area contributed by atoms with E-state index in [1.54, 1.807) is 0 Å². The minimum atomic E-state index is -0.167. The Kier molecular flexibility index (Phi) is 4.43. The van der Waals surface area contributed by atoms with Crippen LogP contribution in [0.1, 0.15) is 55.6 Å². The van der Waals surface area contributed by atoms with E-state index in [4.69, 9.17) is 5.73 Å². The fraction of sp³-hybridized carbons (Fsp3) is 0.706. The molecule has 1 fully saturated rings. The highest BCUT2D eigenvalue weighted by Gasteiger charge is 2.35. The Bertz CT molecular complexity index is 552. The van der Waals surface area contributed by atoms with Gasteiger partial charge >= 0.3 is 0 Å². The highest BCUT2D eigenvalue weighted by atomic mass is 16.2. The Balaban J connectivity index is 1.67. The van der Waals surface area contributed by atoms with Crippen molar-refractivity contribution in [1.82, 2.24) is 15.3 Å². The van der Waals surface area contributed by atoms with Gasteiger partial charge in [0.2, 0.25) is 5.91 Å². The van der Waals surface area contributed by atoms with Crippen molar-refractivity contribution in [1.29, 1.82) is 0 Å². The first kappa shape index (κ1) is 15.4. The van der Waals surface area contributed by atoms with E-state index in [1.165, 1.54) is 6.42 Å². The number of aromatic nitrogens is 2. The van der Waals surface area contributed by atoms with E-state index in [9.17, 15) is 4.79 Å². The van der Waals surface area contributed by atoms with Crippen LogP contribution in [0.2, 0.25) is 0 Å². The molecule has 120 valence electrons. The minimum Gasteiger partial charge on any atom is -0.349 e. The number of hydrogen-bond donors (Lipinski definition) is 2. The molecule has 0 saturated heterocycles. The number of carbonyl (C=O) groups is 1. The molecule has 5 nitrogen and oxygen atoms in total. The van der Waals surface area contributed by atoms with Crippen molar-refractivity contribution in [3.63, 3.8) is 0 Å². The van der Waals surface area contributed by atoms with Crippen LogP contribution in [0.3, 0.4) is 0 Å². The van der Waals surface area contributed by atoms with Crippen LogP contribution in [-0.4, -0.2) is 28.0 Å². The lowest BCUT2D eigenvalue weighted by Crippen LogP contribution is -2.56. The number of hydrogen-bond acceptors (Lipinski definition) is 4. The van der Waals surface area contributed by atoms with Crippen LogP contribution in [0.25, 0.3) is 0 Å². The van der Waals surface area contributed by atoms with E-state index in [0.29, 0.717) is 6.54 Å². The van der Waals surface area contributed by atoms with Crippen LogP contribution >= 0.6 is 0 Å². The van der Waals surface area contributed by atoms with E-state index < -0.39 is 0 Å². The normalized spacial score (nSPS) is 23.6.